The predicted octanol–water partition coefficient (Wildman–Crippen LogP) is 3.28. The molecule has 0 aliphatic heterocycles. The van der Waals surface area contributed by atoms with Crippen LogP contribution in [0.25, 0.3) is 16.6 Å². The van der Waals surface area contributed by atoms with Gasteiger partial charge in [0.2, 0.25) is 0 Å². The summed E-state index contributed by atoms with van der Waals surface area (Å²) in [5.74, 6) is 0.497. The van der Waals surface area contributed by atoms with Crippen molar-refractivity contribution in [1.29, 1.82) is 0 Å². The summed E-state index contributed by atoms with van der Waals surface area (Å²) in [4.78, 5) is 0. The van der Waals surface area contributed by atoms with Crippen molar-refractivity contribution in [2.24, 2.45) is 5.73 Å². The van der Waals surface area contributed by atoms with Gasteiger partial charge in [-0.3, -0.25) is 0 Å². The monoisotopic (exact) mass is 299 g/mol. The Balaban J connectivity index is 1.94. The van der Waals surface area contributed by atoms with E-state index in [9.17, 15) is 4.39 Å². The maximum Gasteiger partial charge on any atom is 0.123 e. The molecule has 0 spiro atoms. The highest BCUT2D eigenvalue weighted by atomic mass is 19.1. The molecule has 0 aliphatic rings. The van der Waals surface area contributed by atoms with Gasteiger partial charge in [-0.15, -0.1) is 0 Å². The zero-order chi connectivity index (χ0) is 15.7. The highest BCUT2D eigenvalue weighted by Crippen LogP contribution is 2.24. The van der Waals surface area contributed by atoms with Crippen molar-refractivity contribution in [1.82, 2.24) is 9.78 Å². The first-order chi connectivity index (χ1) is 10.5. The van der Waals surface area contributed by atoms with Crippen LogP contribution in [0.5, 0.6) is 5.75 Å². The van der Waals surface area contributed by atoms with E-state index in [0.29, 0.717) is 0 Å². The summed E-state index contributed by atoms with van der Waals surface area (Å²) < 4.78 is 20.6. The van der Waals surface area contributed by atoms with E-state index in [1.807, 2.05) is 32.0 Å². The van der Waals surface area contributed by atoms with Crippen LogP contribution in [0.15, 0.2) is 48.7 Å². The number of ether oxygens (including phenoxy) is 1. The van der Waals surface area contributed by atoms with Gasteiger partial charge in [0.05, 0.1) is 17.4 Å². The van der Waals surface area contributed by atoms with Crippen LogP contribution in [0.4, 0.5) is 4.39 Å². The molecular formula is C17H18FN3O. The van der Waals surface area contributed by atoms with E-state index in [1.165, 1.54) is 12.1 Å². The highest BCUT2D eigenvalue weighted by Gasteiger charge is 2.11. The molecule has 1 heterocycles. The molecule has 0 aliphatic carbocycles. The lowest BCUT2D eigenvalue weighted by Crippen LogP contribution is -2.33. The van der Waals surface area contributed by atoms with Gasteiger partial charge in [-0.05, 0) is 56.3 Å². The second-order valence-electron chi connectivity index (χ2n) is 5.44. The standard InChI is InChI=1S/C17H18FN3O/c1-11(19)12(2)22-16-7-8-17-13(9-16)10-20-21(17)15-5-3-14(18)4-6-15/h3-12H,19H2,1-2H3/t11-,12+/m0/s1. The van der Waals surface area contributed by atoms with Gasteiger partial charge in [-0.25, -0.2) is 9.07 Å². The molecule has 5 heteroatoms. The van der Waals surface area contributed by atoms with E-state index in [0.717, 1.165) is 22.3 Å². The average Bonchev–Trinajstić information content (AvgIpc) is 2.91. The lowest BCUT2D eigenvalue weighted by molar-refractivity contribution is 0.197. The summed E-state index contributed by atoms with van der Waals surface area (Å²) in [5, 5.41) is 5.32. The topological polar surface area (TPSA) is 53.1 Å². The van der Waals surface area contributed by atoms with Crippen LogP contribution < -0.4 is 10.5 Å². The third-order valence-electron chi connectivity index (χ3n) is 3.67. The Hall–Kier alpha value is -2.40. The summed E-state index contributed by atoms with van der Waals surface area (Å²) in [6.07, 6.45) is 1.70. The zero-order valence-electron chi connectivity index (χ0n) is 12.5. The zero-order valence-corrected chi connectivity index (χ0v) is 12.5. The molecule has 0 bridgehead atoms. The molecule has 0 saturated carbocycles. The van der Waals surface area contributed by atoms with E-state index in [-0.39, 0.29) is 18.0 Å². The molecule has 0 radical (unpaired) electrons. The number of aromatic nitrogens is 2. The Kier molecular flexibility index (Phi) is 3.81. The number of benzene rings is 2. The Morgan fingerprint density at radius 1 is 1.14 bits per heavy atom. The molecule has 114 valence electrons. The number of halogens is 1. The number of rotatable bonds is 4. The molecule has 0 fully saturated rings. The van der Waals surface area contributed by atoms with Crippen LogP contribution in [0, 0.1) is 5.82 Å². The molecule has 2 aromatic carbocycles. The third-order valence-corrected chi connectivity index (χ3v) is 3.67. The van der Waals surface area contributed by atoms with Gasteiger partial charge in [-0.2, -0.15) is 5.10 Å². The van der Waals surface area contributed by atoms with Gasteiger partial charge in [-0.1, -0.05) is 0 Å². The first-order valence-corrected chi connectivity index (χ1v) is 7.20. The molecule has 22 heavy (non-hydrogen) atoms. The number of hydrogen-bond donors (Lipinski definition) is 1. The minimum Gasteiger partial charge on any atom is -0.489 e. The van der Waals surface area contributed by atoms with E-state index >= 15 is 0 Å². The summed E-state index contributed by atoms with van der Waals surface area (Å²) in [5.41, 5.74) is 7.57. The second-order valence-corrected chi connectivity index (χ2v) is 5.44. The third kappa shape index (κ3) is 2.80. The Labute approximate surface area is 128 Å². The molecule has 2 atom stereocenters. The van der Waals surface area contributed by atoms with Crippen LogP contribution >= 0.6 is 0 Å². The van der Waals surface area contributed by atoms with Crippen molar-refractivity contribution < 1.29 is 9.13 Å². The predicted molar refractivity (Wildman–Crippen MR) is 84.8 cm³/mol. The molecular weight excluding hydrogens is 281 g/mol. The number of nitrogens with zero attached hydrogens (tertiary/aromatic N) is 2. The summed E-state index contributed by atoms with van der Waals surface area (Å²) in [6, 6.07) is 12.0. The lowest BCUT2D eigenvalue weighted by Gasteiger charge is -2.18. The molecule has 3 aromatic rings. The van der Waals surface area contributed by atoms with Crippen LogP contribution in [0.3, 0.4) is 0 Å². The van der Waals surface area contributed by atoms with E-state index < -0.39 is 0 Å². The van der Waals surface area contributed by atoms with Crippen molar-refractivity contribution in [3.05, 3.63) is 54.5 Å². The van der Waals surface area contributed by atoms with Gasteiger partial charge < -0.3 is 10.5 Å². The van der Waals surface area contributed by atoms with Gasteiger partial charge >= 0.3 is 0 Å². The molecule has 0 saturated heterocycles. The number of fused-ring (bicyclic) bond motifs is 1. The first kappa shape index (κ1) is 14.5. The smallest absolute Gasteiger partial charge is 0.123 e. The summed E-state index contributed by atoms with van der Waals surface area (Å²) in [7, 11) is 0. The highest BCUT2D eigenvalue weighted by molar-refractivity contribution is 5.81. The molecule has 0 amide bonds. The van der Waals surface area contributed by atoms with E-state index in [1.54, 1.807) is 23.0 Å². The minimum absolute atomic E-state index is 0.0439. The summed E-state index contributed by atoms with van der Waals surface area (Å²) >= 11 is 0. The quantitative estimate of drug-likeness (QED) is 0.804. The number of hydrogen-bond acceptors (Lipinski definition) is 3. The van der Waals surface area contributed by atoms with Gasteiger partial charge in [0, 0.05) is 11.4 Å². The molecule has 4 nitrogen and oxygen atoms in total. The normalized spacial score (nSPS) is 14.0. The number of nitrogens with two attached hydrogens (primary N) is 1. The SMILES string of the molecule is C[C@H](N)[C@@H](C)Oc1ccc2c(cnn2-c2ccc(F)cc2)c1. The van der Waals surface area contributed by atoms with Gasteiger partial charge in [0.15, 0.2) is 0 Å². The van der Waals surface area contributed by atoms with E-state index in [4.69, 9.17) is 10.5 Å². The Bertz CT molecular complexity index is 780. The molecule has 3 rings (SSSR count). The van der Waals surface area contributed by atoms with Crippen molar-refractivity contribution in [3.63, 3.8) is 0 Å². The molecule has 2 N–H and O–H groups in total. The van der Waals surface area contributed by atoms with Crippen molar-refractivity contribution >= 4 is 10.9 Å². The maximum atomic E-state index is 13.0. The first-order valence-electron chi connectivity index (χ1n) is 7.20. The second kappa shape index (κ2) is 5.77. The minimum atomic E-state index is -0.263. The van der Waals surface area contributed by atoms with E-state index in [2.05, 4.69) is 5.10 Å². The Morgan fingerprint density at radius 3 is 2.55 bits per heavy atom. The van der Waals surface area contributed by atoms with Crippen LogP contribution in [-0.2, 0) is 0 Å². The fraction of sp³-hybridized carbons (Fsp3) is 0.235. The van der Waals surface area contributed by atoms with Crippen LogP contribution in [0.1, 0.15) is 13.8 Å². The molecule has 0 unspecified atom stereocenters. The maximum absolute atomic E-state index is 13.0. The lowest BCUT2D eigenvalue weighted by atomic mass is 10.2. The van der Waals surface area contributed by atoms with Gasteiger partial charge in [0.1, 0.15) is 17.7 Å². The van der Waals surface area contributed by atoms with Crippen LogP contribution in [-0.4, -0.2) is 21.9 Å². The average molecular weight is 299 g/mol. The molecule has 1 aromatic heterocycles. The van der Waals surface area contributed by atoms with Crippen LogP contribution in [0.2, 0.25) is 0 Å². The fourth-order valence-electron chi connectivity index (χ4n) is 2.19. The Morgan fingerprint density at radius 2 is 1.86 bits per heavy atom. The van der Waals surface area contributed by atoms with Crippen molar-refractivity contribution in [2.75, 3.05) is 0 Å². The van der Waals surface area contributed by atoms with Crippen molar-refractivity contribution in [2.45, 2.75) is 26.0 Å². The largest absolute Gasteiger partial charge is 0.489 e. The fourth-order valence-corrected chi connectivity index (χ4v) is 2.19. The summed E-state index contributed by atoms with van der Waals surface area (Å²) in [6.45, 7) is 3.85. The van der Waals surface area contributed by atoms with Gasteiger partial charge in [0.25, 0.3) is 0 Å². The van der Waals surface area contributed by atoms with Crippen molar-refractivity contribution in [3.8, 4) is 11.4 Å².